The summed E-state index contributed by atoms with van der Waals surface area (Å²) in [6.45, 7) is 0. The second-order valence-electron chi connectivity index (χ2n) is 4.11. The van der Waals surface area contributed by atoms with Crippen LogP contribution in [0.25, 0.3) is 22.2 Å². The van der Waals surface area contributed by atoms with E-state index in [0.29, 0.717) is 5.82 Å². The zero-order valence-electron chi connectivity index (χ0n) is 9.80. The van der Waals surface area contributed by atoms with E-state index in [9.17, 15) is 0 Å². The Bertz CT molecular complexity index is 889. The van der Waals surface area contributed by atoms with Crippen LogP contribution >= 0.6 is 0 Å². The van der Waals surface area contributed by atoms with Crippen LogP contribution in [0.2, 0.25) is 0 Å². The summed E-state index contributed by atoms with van der Waals surface area (Å²) in [7, 11) is 0. The fraction of sp³-hybridized carbons (Fsp3) is 0. The van der Waals surface area contributed by atoms with Crippen LogP contribution < -0.4 is 5.73 Å². The molecule has 7 nitrogen and oxygen atoms in total. The van der Waals surface area contributed by atoms with E-state index in [2.05, 4.69) is 20.2 Å². The number of hydrogen-bond donors (Lipinski definition) is 1. The molecule has 0 amide bonds. The van der Waals surface area contributed by atoms with Crippen molar-refractivity contribution in [3.63, 3.8) is 0 Å². The van der Waals surface area contributed by atoms with Crippen molar-refractivity contribution in [3.8, 4) is 5.69 Å². The highest BCUT2D eigenvalue weighted by Crippen LogP contribution is 2.23. The van der Waals surface area contributed by atoms with Gasteiger partial charge in [-0.2, -0.15) is 5.10 Å². The molecule has 4 heterocycles. The fourth-order valence-electron chi connectivity index (χ4n) is 2.13. The molecule has 0 aliphatic carbocycles. The van der Waals surface area contributed by atoms with Gasteiger partial charge in [-0.1, -0.05) is 0 Å². The quantitative estimate of drug-likeness (QED) is 0.546. The second kappa shape index (κ2) is 3.52. The molecule has 4 aromatic rings. The number of nitrogen functional groups attached to an aromatic ring is 1. The first-order valence-corrected chi connectivity index (χ1v) is 5.71. The van der Waals surface area contributed by atoms with Crippen molar-refractivity contribution in [1.29, 1.82) is 0 Å². The molecule has 0 fully saturated rings. The Balaban J connectivity index is 2.10. The van der Waals surface area contributed by atoms with Crippen LogP contribution in [-0.4, -0.2) is 29.4 Å². The van der Waals surface area contributed by atoms with E-state index < -0.39 is 0 Å². The van der Waals surface area contributed by atoms with Crippen molar-refractivity contribution >= 4 is 22.4 Å². The van der Waals surface area contributed by atoms with Gasteiger partial charge in [-0.3, -0.25) is 4.98 Å². The van der Waals surface area contributed by atoms with Gasteiger partial charge < -0.3 is 5.73 Å². The minimum atomic E-state index is 0.443. The van der Waals surface area contributed by atoms with Crippen LogP contribution in [0.1, 0.15) is 0 Å². The SMILES string of the molecule is Nc1nn(-c2cnn3cccnc23)c2ccncc12. The number of rotatable bonds is 1. The van der Waals surface area contributed by atoms with Crippen molar-refractivity contribution in [1.82, 2.24) is 29.4 Å². The summed E-state index contributed by atoms with van der Waals surface area (Å²) in [5.74, 6) is 0.443. The van der Waals surface area contributed by atoms with Gasteiger partial charge in [0.2, 0.25) is 0 Å². The Labute approximate surface area is 107 Å². The Hall–Kier alpha value is -2.96. The molecule has 0 atom stereocenters. The standard InChI is InChI=1S/C12H9N7/c13-11-8-6-14-4-2-9(8)19(17-11)10-7-16-18-5-1-3-15-12(10)18/h1-7H,(H2,13,17). The minimum absolute atomic E-state index is 0.443. The lowest BCUT2D eigenvalue weighted by molar-refractivity contribution is 0.919. The molecule has 0 aromatic carbocycles. The van der Waals surface area contributed by atoms with Crippen LogP contribution in [0, 0.1) is 0 Å². The summed E-state index contributed by atoms with van der Waals surface area (Å²) in [5, 5.41) is 9.41. The van der Waals surface area contributed by atoms with Crippen LogP contribution in [0.3, 0.4) is 0 Å². The second-order valence-corrected chi connectivity index (χ2v) is 4.11. The van der Waals surface area contributed by atoms with E-state index >= 15 is 0 Å². The van der Waals surface area contributed by atoms with E-state index in [4.69, 9.17) is 5.73 Å². The third-order valence-electron chi connectivity index (χ3n) is 3.00. The van der Waals surface area contributed by atoms with E-state index in [1.54, 1.807) is 34.0 Å². The van der Waals surface area contributed by atoms with Crippen molar-refractivity contribution in [2.75, 3.05) is 5.73 Å². The lowest BCUT2D eigenvalue weighted by atomic mass is 10.3. The van der Waals surface area contributed by atoms with Crippen LogP contribution in [0.5, 0.6) is 0 Å². The third kappa shape index (κ3) is 1.32. The maximum atomic E-state index is 5.91. The first kappa shape index (κ1) is 10.0. The Morgan fingerprint density at radius 3 is 3.05 bits per heavy atom. The van der Waals surface area contributed by atoms with Gasteiger partial charge in [-0.15, -0.1) is 5.10 Å². The Morgan fingerprint density at radius 2 is 2.11 bits per heavy atom. The number of nitrogens with zero attached hydrogens (tertiary/aromatic N) is 6. The third-order valence-corrected chi connectivity index (χ3v) is 3.00. The summed E-state index contributed by atoms with van der Waals surface area (Å²) < 4.78 is 3.43. The number of pyridine rings is 1. The van der Waals surface area contributed by atoms with Gasteiger partial charge in [-0.25, -0.2) is 14.2 Å². The molecule has 0 radical (unpaired) electrons. The maximum Gasteiger partial charge on any atom is 0.181 e. The minimum Gasteiger partial charge on any atom is -0.382 e. The van der Waals surface area contributed by atoms with Crippen LogP contribution in [0.4, 0.5) is 5.82 Å². The molecule has 0 spiro atoms. The maximum absolute atomic E-state index is 5.91. The van der Waals surface area contributed by atoms with Gasteiger partial charge in [0.25, 0.3) is 0 Å². The highest BCUT2D eigenvalue weighted by atomic mass is 15.3. The first-order chi connectivity index (χ1) is 9.34. The van der Waals surface area contributed by atoms with Gasteiger partial charge in [0.15, 0.2) is 11.5 Å². The Morgan fingerprint density at radius 1 is 1.16 bits per heavy atom. The molecule has 4 rings (SSSR count). The zero-order chi connectivity index (χ0) is 12.8. The molecule has 0 saturated heterocycles. The van der Waals surface area contributed by atoms with E-state index in [1.165, 1.54) is 0 Å². The van der Waals surface area contributed by atoms with E-state index in [1.807, 2.05) is 18.3 Å². The molecular weight excluding hydrogens is 242 g/mol. The smallest absolute Gasteiger partial charge is 0.181 e. The number of anilines is 1. The van der Waals surface area contributed by atoms with E-state index in [-0.39, 0.29) is 0 Å². The van der Waals surface area contributed by atoms with Gasteiger partial charge in [0.1, 0.15) is 5.69 Å². The highest BCUT2D eigenvalue weighted by Gasteiger charge is 2.13. The number of aromatic nitrogens is 6. The van der Waals surface area contributed by atoms with E-state index in [0.717, 1.165) is 22.2 Å². The summed E-state index contributed by atoms with van der Waals surface area (Å²) in [6.07, 6.45) is 8.68. The molecule has 92 valence electrons. The predicted octanol–water partition coefficient (Wildman–Crippen LogP) is 1.05. The lowest BCUT2D eigenvalue weighted by Crippen LogP contribution is -1.98. The largest absolute Gasteiger partial charge is 0.382 e. The van der Waals surface area contributed by atoms with Crippen molar-refractivity contribution in [3.05, 3.63) is 43.1 Å². The number of nitrogens with two attached hydrogens (primary N) is 1. The van der Waals surface area contributed by atoms with Crippen molar-refractivity contribution in [2.24, 2.45) is 0 Å². The topological polar surface area (TPSA) is 86.9 Å². The molecule has 7 heteroatoms. The summed E-state index contributed by atoms with van der Waals surface area (Å²) in [4.78, 5) is 8.38. The molecule has 0 aliphatic rings. The van der Waals surface area contributed by atoms with Crippen molar-refractivity contribution in [2.45, 2.75) is 0 Å². The van der Waals surface area contributed by atoms with Crippen LogP contribution in [-0.2, 0) is 0 Å². The molecule has 4 aromatic heterocycles. The van der Waals surface area contributed by atoms with Crippen molar-refractivity contribution < 1.29 is 0 Å². The monoisotopic (exact) mass is 251 g/mol. The van der Waals surface area contributed by atoms with Crippen LogP contribution in [0.15, 0.2) is 43.1 Å². The average Bonchev–Trinajstić information content (AvgIpc) is 3.01. The number of hydrogen-bond acceptors (Lipinski definition) is 5. The molecule has 0 bridgehead atoms. The molecule has 2 N–H and O–H groups in total. The molecular formula is C12H9N7. The molecule has 0 unspecified atom stereocenters. The molecule has 19 heavy (non-hydrogen) atoms. The van der Waals surface area contributed by atoms with Gasteiger partial charge in [-0.05, 0) is 12.1 Å². The molecule has 0 aliphatic heterocycles. The van der Waals surface area contributed by atoms with Gasteiger partial charge in [0, 0.05) is 24.8 Å². The zero-order valence-corrected chi connectivity index (χ0v) is 9.80. The lowest BCUT2D eigenvalue weighted by Gasteiger charge is -1.99. The van der Waals surface area contributed by atoms with Gasteiger partial charge in [0.05, 0.1) is 17.1 Å². The summed E-state index contributed by atoms with van der Waals surface area (Å²) >= 11 is 0. The fourth-order valence-corrected chi connectivity index (χ4v) is 2.13. The summed E-state index contributed by atoms with van der Waals surface area (Å²) in [6, 6.07) is 3.69. The first-order valence-electron chi connectivity index (χ1n) is 5.71. The normalized spacial score (nSPS) is 11.4. The highest BCUT2D eigenvalue weighted by molar-refractivity contribution is 5.90. The average molecular weight is 251 g/mol. The molecule has 0 saturated carbocycles. The predicted molar refractivity (Wildman–Crippen MR) is 69.8 cm³/mol. The Kier molecular flexibility index (Phi) is 1.85. The number of fused-ring (bicyclic) bond motifs is 2. The summed E-state index contributed by atoms with van der Waals surface area (Å²) in [5.41, 5.74) is 8.30. The van der Waals surface area contributed by atoms with Gasteiger partial charge >= 0.3 is 0 Å².